The molecule has 0 aliphatic heterocycles. The molecule has 10 heteroatoms. The Kier molecular flexibility index (Phi) is 6.77. The second-order valence-corrected chi connectivity index (χ2v) is 9.05. The fourth-order valence-electron chi connectivity index (χ4n) is 4.25. The topological polar surface area (TPSA) is 59.0 Å². The molecule has 2 heterocycles. The molecule has 2 N–H and O–H groups in total. The highest BCUT2D eigenvalue weighted by Crippen LogP contribution is 2.35. The van der Waals surface area contributed by atoms with Crippen molar-refractivity contribution < 1.29 is 18.0 Å². The SMILES string of the molecule is CCn1cc(C(=O)N[C@@H]2CCC[C@H](Nc3cc(C(F)(F)F)nc4ccc(Cl)cc34)C2)cc1Cl. The van der Waals surface area contributed by atoms with Crippen LogP contribution < -0.4 is 10.6 Å². The predicted molar refractivity (Wildman–Crippen MR) is 124 cm³/mol. The summed E-state index contributed by atoms with van der Waals surface area (Å²) in [6.45, 7) is 2.59. The molecule has 3 aromatic rings. The summed E-state index contributed by atoms with van der Waals surface area (Å²) in [6, 6.07) is 7.04. The molecule has 0 unspecified atom stereocenters. The van der Waals surface area contributed by atoms with Gasteiger partial charge in [-0.1, -0.05) is 23.2 Å². The normalized spacial score (nSPS) is 19.0. The van der Waals surface area contributed by atoms with Crippen molar-refractivity contribution in [3.8, 4) is 0 Å². The van der Waals surface area contributed by atoms with Crippen LogP contribution in [0, 0.1) is 0 Å². The molecule has 0 bridgehead atoms. The third-order valence-electron chi connectivity index (χ3n) is 5.88. The predicted octanol–water partition coefficient (Wildman–Crippen LogP) is 6.53. The van der Waals surface area contributed by atoms with Gasteiger partial charge in [-0.05, 0) is 62.9 Å². The number of fused-ring (bicyclic) bond motifs is 1. The minimum Gasteiger partial charge on any atom is -0.382 e. The number of hydrogen-bond acceptors (Lipinski definition) is 3. The van der Waals surface area contributed by atoms with Crippen LogP contribution in [-0.4, -0.2) is 27.5 Å². The monoisotopic (exact) mass is 498 g/mol. The number of rotatable bonds is 5. The molecule has 2 atom stereocenters. The number of nitrogens with zero attached hydrogens (tertiary/aromatic N) is 2. The van der Waals surface area contributed by atoms with Gasteiger partial charge >= 0.3 is 6.18 Å². The van der Waals surface area contributed by atoms with Gasteiger partial charge in [0.1, 0.15) is 10.8 Å². The fraction of sp³-hybridized carbons (Fsp3) is 0.391. The number of pyridine rings is 1. The second-order valence-electron chi connectivity index (χ2n) is 8.23. The van der Waals surface area contributed by atoms with E-state index in [4.69, 9.17) is 23.2 Å². The average Bonchev–Trinajstić information content (AvgIpc) is 3.14. The highest BCUT2D eigenvalue weighted by Gasteiger charge is 2.34. The standard InChI is InChI=1S/C23H23Cl2F3N4O/c1-2-32-12-13(8-21(32)25)22(33)30-16-5-3-4-15(10-16)29-19-11-20(23(26,27)28)31-18-7-6-14(24)9-17(18)19/h6-9,11-12,15-16H,2-5,10H2,1H3,(H,29,31)(H,30,33)/t15-,16+/m0/s1. The first-order valence-corrected chi connectivity index (χ1v) is 11.5. The van der Waals surface area contributed by atoms with E-state index in [2.05, 4.69) is 15.6 Å². The summed E-state index contributed by atoms with van der Waals surface area (Å²) >= 11 is 12.2. The molecule has 176 valence electrons. The summed E-state index contributed by atoms with van der Waals surface area (Å²) in [5.41, 5.74) is 0.0765. The van der Waals surface area contributed by atoms with Crippen molar-refractivity contribution in [2.75, 3.05) is 5.32 Å². The summed E-state index contributed by atoms with van der Waals surface area (Å²) in [6.07, 6.45) is 0.124. The Morgan fingerprint density at radius 3 is 2.64 bits per heavy atom. The molecule has 0 radical (unpaired) electrons. The molecule has 0 saturated heterocycles. The molecule has 0 spiro atoms. The van der Waals surface area contributed by atoms with Crippen molar-refractivity contribution in [3.63, 3.8) is 0 Å². The van der Waals surface area contributed by atoms with Gasteiger partial charge in [-0.15, -0.1) is 0 Å². The fourth-order valence-corrected chi connectivity index (χ4v) is 4.71. The number of hydrogen-bond donors (Lipinski definition) is 2. The highest BCUT2D eigenvalue weighted by molar-refractivity contribution is 6.31. The number of nitrogens with one attached hydrogen (secondary N) is 2. The molecule has 4 rings (SSSR count). The number of halogens is 5. The van der Waals surface area contributed by atoms with Gasteiger partial charge in [0.15, 0.2) is 0 Å². The van der Waals surface area contributed by atoms with Gasteiger partial charge in [-0.2, -0.15) is 13.2 Å². The number of aryl methyl sites for hydroxylation is 1. The van der Waals surface area contributed by atoms with Gasteiger partial charge in [-0.3, -0.25) is 4.79 Å². The van der Waals surface area contributed by atoms with Crippen LogP contribution in [0.15, 0.2) is 36.5 Å². The first-order valence-electron chi connectivity index (χ1n) is 10.7. The molecular weight excluding hydrogens is 476 g/mol. The maximum Gasteiger partial charge on any atom is 0.433 e. The van der Waals surface area contributed by atoms with Gasteiger partial charge in [0.2, 0.25) is 0 Å². The quantitative estimate of drug-likeness (QED) is 0.420. The van der Waals surface area contributed by atoms with Crippen LogP contribution in [0.1, 0.15) is 48.7 Å². The minimum absolute atomic E-state index is 0.105. The van der Waals surface area contributed by atoms with Crippen molar-refractivity contribution in [2.45, 2.75) is 57.4 Å². The van der Waals surface area contributed by atoms with Crippen molar-refractivity contribution in [3.05, 3.63) is 58.0 Å². The molecule has 2 aromatic heterocycles. The summed E-state index contributed by atoms with van der Waals surface area (Å²) in [5.74, 6) is -0.213. The highest BCUT2D eigenvalue weighted by atomic mass is 35.5. The Hall–Kier alpha value is -2.45. The second kappa shape index (κ2) is 9.43. The molecule has 1 fully saturated rings. The van der Waals surface area contributed by atoms with Crippen LogP contribution in [0.2, 0.25) is 10.2 Å². The molecule has 1 aliphatic rings. The van der Waals surface area contributed by atoms with E-state index in [-0.39, 0.29) is 23.5 Å². The Balaban J connectivity index is 1.52. The van der Waals surface area contributed by atoms with E-state index >= 15 is 0 Å². The molecule has 5 nitrogen and oxygen atoms in total. The van der Waals surface area contributed by atoms with E-state index in [9.17, 15) is 18.0 Å². The summed E-state index contributed by atoms with van der Waals surface area (Å²) < 4.78 is 42.0. The van der Waals surface area contributed by atoms with E-state index in [1.807, 2.05) is 6.92 Å². The Labute approximate surface area is 199 Å². The lowest BCUT2D eigenvalue weighted by Gasteiger charge is -2.31. The largest absolute Gasteiger partial charge is 0.433 e. The van der Waals surface area contributed by atoms with E-state index in [1.165, 1.54) is 12.1 Å². The van der Waals surface area contributed by atoms with Gasteiger partial charge in [0, 0.05) is 40.9 Å². The number of alkyl halides is 3. The summed E-state index contributed by atoms with van der Waals surface area (Å²) in [5, 5.41) is 7.72. The van der Waals surface area contributed by atoms with Crippen LogP contribution in [0.3, 0.4) is 0 Å². The molecule has 1 amide bonds. The van der Waals surface area contributed by atoms with Gasteiger partial charge in [0.05, 0.1) is 11.1 Å². The number of aromatic nitrogens is 2. The number of carbonyl (C=O) groups is 1. The third-order valence-corrected chi connectivity index (χ3v) is 6.44. The van der Waals surface area contributed by atoms with Crippen molar-refractivity contribution >= 4 is 45.7 Å². The van der Waals surface area contributed by atoms with Crippen LogP contribution in [-0.2, 0) is 12.7 Å². The van der Waals surface area contributed by atoms with Gasteiger partial charge in [-0.25, -0.2) is 4.98 Å². The minimum atomic E-state index is -4.57. The Morgan fingerprint density at radius 2 is 1.94 bits per heavy atom. The molecular formula is C23H23Cl2F3N4O. The number of benzene rings is 1. The maximum absolute atomic E-state index is 13.4. The Morgan fingerprint density at radius 1 is 1.18 bits per heavy atom. The lowest BCUT2D eigenvalue weighted by molar-refractivity contribution is -0.140. The Bertz CT molecular complexity index is 1180. The first-order chi connectivity index (χ1) is 15.6. The lowest BCUT2D eigenvalue weighted by Crippen LogP contribution is -2.41. The molecule has 1 aromatic carbocycles. The molecule has 33 heavy (non-hydrogen) atoms. The lowest BCUT2D eigenvalue weighted by atomic mass is 9.90. The van der Waals surface area contributed by atoms with E-state index < -0.39 is 11.9 Å². The number of amides is 1. The number of carbonyl (C=O) groups excluding carboxylic acids is 1. The summed E-state index contributed by atoms with van der Waals surface area (Å²) in [7, 11) is 0. The summed E-state index contributed by atoms with van der Waals surface area (Å²) in [4.78, 5) is 16.4. The zero-order valence-corrected chi connectivity index (χ0v) is 19.4. The van der Waals surface area contributed by atoms with Crippen molar-refractivity contribution in [1.29, 1.82) is 0 Å². The van der Waals surface area contributed by atoms with Crippen LogP contribution >= 0.6 is 23.2 Å². The van der Waals surface area contributed by atoms with Crippen molar-refractivity contribution in [2.24, 2.45) is 0 Å². The zero-order chi connectivity index (χ0) is 23.8. The number of anilines is 1. The van der Waals surface area contributed by atoms with Crippen LogP contribution in [0.25, 0.3) is 10.9 Å². The molecule has 1 saturated carbocycles. The first kappa shape index (κ1) is 23.7. The maximum atomic E-state index is 13.4. The molecule has 1 aliphatic carbocycles. The zero-order valence-electron chi connectivity index (χ0n) is 17.8. The van der Waals surface area contributed by atoms with Crippen LogP contribution in [0.4, 0.5) is 18.9 Å². The van der Waals surface area contributed by atoms with Gasteiger partial charge < -0.3 is 15.2 Å². The van der Waals surface area contributed by atoms with E-state index in [0.717, 1.165) is 25.3 Å². The average molecular weight is 499 g/mol. The van der Waals surface area contributed by atoms with Gasteiger partial charge in [0.25, 0.3) is 5.91 Å². The van der Waals surface area contributed by atoms with Crippen LogP contribution in [0.5, 0.6) is 0 Å². The van der Waals surface area contributed by atoms with E-state index in [1.54, 1.807) is 22.9 Å². The van der Waals surface area contributed by atoms with Crippen molar-refractivity contribution in [1.82, 2.24) is 14.9 Å². The smallest absolute Gasteiger partial charge is 0.382 e. The van der Waals surface area contributed by atoms with E-state index in [0.29, 0.717) is 39.8 Å². The third kappa shape index (κ3) is 5.38.